The fourth-order valence-corrected chi connectivity index (χ4v) is 3.32. The summed E-state index contributed by atoms with van der Waals surface area (Å²) in [5, 5.41) is 10.9. The van der Waals surface area contributed by atoms with Gasteiger partial charge in [-0.2, -0.15) is 28.2 Å². The Balaban J connectivity index is 1.78. The van der Waals surface area contributed by atoms with Crippen molar-refractivity contribution in [1.29, 1.82) is 0 Å². The minimum absolute atomic E-state index is 0.0794. The summed E-state index contributed by atoms with van der Waals surface area (Å²) in [6.07, 6.45) is -1.10. The first kappa shape index (κ1) is 23.2. The number of hydrogen-bond acceptors (Lipinski definition) is 5. The maximum Gasteiger partial charge on any atom is 0.417 e. The number of nitrogens with one attached hydrogen (secondary N) is 1. The molecule has 11 heteroatoms. The molecule has 3 rings (SSSR count). The Morgan fingerprint density at radius 2 is 1.94 bits per heavy atom. The van der Waals surface area contributed by atoms with Crippen LogP contribution >= 0.6 is 0 Å². The normalized spacial score (nSPS) is 12.5. The molecule has 7 nitrogen and oxygen atoms in total. The number of aromatic nitrogens is 4. The van der Waals surface area contributed by atoms with Gasteiger partial charge in [0.05, 0.1) is 23.5 Å². The van der Waals surface area contributed by atoms with E-state index in [2.05, 4.69) is 20.5 Å². The van der Waals surface area contributed by atoms with Gasteiger partial charge in [0.25, 0.3) is 5.91 Å². The number of halogens is 4. The Bertz CT molecular complexity index is 1080. The number of alkyl halides is 3. The van der Waals surface area contributed by atoms with Crippen LogP contribution in [-0.2, 0) is 6.18 Å². The van der Waals surface area contributed by atoms with Crippen molar-refractivity contribution in [2.75, 3.05) is 18.4 Å². The molecular formula is C21H22F4N6O. The second kappa shape index (κ2) is 9.33. The summed E-state index contributed by atoms with van der Waals surface area (Å²) in [6, 6.07) is 5.24. The second-order valence-corrected chi connectivity index (χ2v) is 7.16. The molecule has 2 heterocycles. The minimum Gasteiger partial charge on any atom is -0.366 e. The predicted octanol–water partition coefficient (Wildman–Crippen LogP) is 4.09. The smallest absolute Gasteiger partial charge is 0.366 e. The zero-order valence-corrected chi connectivity index (χ0v) is 17.7. The number of likely N-dealkylation sites (N-methyl/N-ethyl adjacent to an activating group) is 1. The topological polar surface area (TPSA) is 75.9 Å². The molecule has 0 aliphatic rings. The Kier molecular flexibility index (Phi) is 6.75. The van der Waals surface area contributed by atoms with Crippen LogP contribution in [0.5, 0.6) is 0 Å². The highest BCUT2D eigenvalue weighted by molar-refractivity contribution is 5.98. The summed E-state index contributed by atoms with van der Waals surface area (Å²) < 4.78 is 52.2. The lowest BCUT2D eigenvalue weighted by Crippen LogP contribution is -2.42. The van der Waals surface area contributed by atoms with Crippen molar-refractivity contribution >= 4 is 11.7 Å². The van der Waals surface area contributed by atoms with Crippen molar-refractivity contribution in [3.05, 3.63) is 65.4 Å². The molecule has 0 unspecified atom stereocenters. The first-order chi connectivity index (χ1) is 15.1. The van der Waals surface area contributed by atoms with E-state index < -0.39 is 23.6 Å². The summed E-state index contributed by atoms with van der Waals surface area (Å²) >= 11 is 0. The number of anilines is 1. The highest BCUT2D eigenvalue weighted by atomic mass is 19.4. The summed E-state index contributed by atoms with van der Waals surface area (Å²) in [5.41, 5.74) is 0.591. The third-order valence-corrected chi connectivity index (χ3v) is 4.95. The van der Waals surface area contributed by atoms with Gasteiger partial charge in [-0.3, -0.25) is 4.79 Å². The number of benzene rings is 1. The van der Waals surface area contributed by atoms with E-state index in [4.69, 9.17) is 0 Å². The van der Waals surface area contributed by atoms with Gasteiger partial charge in [-0.05, 0) is 38.5 Å². The van der Waals surface area contributed by atoms with Crippen molar-refractivity contribution in [3.63, 3.8) is 0 Å². The monoisotopic (exact) mass is 450 g/mol. The molecule has 0 fully saturated rings. The van der Waals surface area contributed by atoms with Gasteiger partial charge in [-0.1, -0.05) is 12.1 Å². The van der Waals surface area contributed by atoms with E-state index in [1.54, 1.807) is 30.9 Å². The summed E-state index contributed by atoms with van der Waals surface area (Å²) in [5.74, 6) is -1.71. The molecule has 0 aliphatic heterocycles. The molecule has 0 saturated carbocycles. The fourth-order valence-electron chi connectivity index (χ4n) is 3.32. The highest BCUT2D eigenvalue weighted by Gasteiger charge is 2.32. The maximum atomic E-state index is 14.1. The molecule has 1 amide bonds. The van der Waals surface area contributed by atoms with Crippen LogP contribution in [0.15, 0.2) is 42.9 Å². The first-order valence-corrected chi connectivity index (χ1v) is 9.87. The number of nitrogens with zero attached hydrogens (tertiary/aromatic N) is 5. The minimum atomic E-state index is -4.68. The van der Waals surface area contributed by atoms with Gasteiger partial charge in [0, 0.05) is 25.3 Å². The lowest BCUT2D eigenvalue weighted by atomic mass is 10.1. The fraction of sp³-hybridized carbons (Fsp3) is 0.333. The number of pyridine rings is 1. The summed E-state index contributed by atoms with van der Waals surface area (Å²) in [4.78, 5) is 19.8. The molecule has 0 radical (unpaired) electrons. The maximum absolute atomic E-state index is 14.1. The standard InChI is InChI=1S/C21H22F4N6O/c1-4-30(14(3)11-26-19-17(22)10-15(12-27-19)21(23,24)25)20(32)16-7-5-6-13(2)18(16)31-28-8-9-29-31/h5-10,12,14H,4,11H2,1-3H3,(H,26,27)/t14-/m0/s1. The van der Waals surface area contributed by atoms with Crippen LogP contribution in [0.25, 0.3) is 5.69 Å². The van der Waals surface area contributed by atoms with E-state index in [1.165, 1.54) is 17.2 Å². The van der Waals surface area contributed by atoms with E-state index in [9.17, 15) is 22.4 Å². The van der Waals surface area contributed by atoms with Crippen molar-refractivity contribution < 1.29 is 22.4 Å². The number of amides is 1. The molecule has 0 spiro atoms. The van der Waals surface area contributed by atoms with Crippen LogP contribution in [0, 0.1) is 12.7 Å². The SMILES string of the molecule is CCN(C(=O)c1cccc(C)c1-n1nccn1)[C@@H](C)CNc1ncc(C(F)(F)F)cc1F. The van der Waals surface area contributed by atoms with E-state index >= 15 is 0 Å². The molecule has 1 aromatic carbocycles. The first-order valence-electron chi connectivity index (χ1n) is 9.87. The zero-order valence-electron chi connectivity index (χ0n) is 17.7. The van der Waals surface area contributed by atoms with Crippen molar-refractivity contribution in [2.45, 2.75) is 33.0 Å². The number of rotatable bonds is 7. The lowest BCUT2D eigenvalue weighted by Gasteiger charge is -2.29. The molecule has 1 atom stereocenters. The molecule has 0 aliphatic carbocycles. The molecule has 1 N–H and O–H groups in total. The number of carbonyl (C=O) groups excluding carboxylic acids is 1. The quantitative estimate of drug-likeness (QED) is 0.549. The molecular weight excluding hydrogens is 428 g/mol. The van der Waals surface area contributed by atoms with Crippen LogP contribution in [0.1, 0.15) is 35.3 Å². The molecule has 3 aromatic rings. The third-order valence-electron chi connectivity index (χ3n) is 4.95. The average molecular weight is 450 g/mol. The van der Waals surface area contributed by atoms with Gasteiger partial charge in [-0.15, -0.1) is 0 Å². The van der Waals surface area contributed by atoms with Gasteiger partial charge in [0.1, 0.15) is 5.69 Å². The summed E-state index contributed by atoms with van der Waals surface area (Å²) in [6.45, 7) is 5.82. The number of para-hydroxylation sites is 1. The van der Waals surface area contributed by atoms with Crippen LogP contribution in [0.3, 0.4) is 0 Å². The van der Waals surface area contributed by atoms with Gasteiger partial charge < -0.3 is 10.2 Å². The Morgan fingerprint density at radius 1 is 1.25 bits per heavy atom. The van der Waals surface area contributed by atoms with Gasteiger partial charge in [0.2, 0.25) is 0 Å². The lowest BCUT2D eigenvalue weighted by molar-refractivity contribution is -0.138. The van der Waals surface area contributed by atoms with Crippen LogP contribution in [0.2, 0.25) is 0 Å². The number of aryl methyl sites for hydroxylation is 1. The van der Waals surface area contributed by atoms with Crippen LogP contribution in [-0.4, -0.2) is 49.9 Å². The Morgan fingerprint density at radius 3 is 2.53 bits per heavy atom. The Labute approximate surface area is 182 Å². The zero-order chi connectivity index (χ0) is 23.5. The van der Waals surface area contributed by atoms with Gasteiger partial charge in [-0.25, -0.2) is 9.37 Å². The Hall–Kier alpha value is -3.50. The molecule has 32 heavy (non-hydrogen) atoms. The van der Waals surface area contributed by atoms with Crippen molar-refractivity contribution in [3.8, 4) is 5.69 Å². The average Bonchev–Trinajstić information content (AvgIpc) is 3.26. The molecule has 170 valence electrons. The molecule has 2 aromatic heterocycles. The van der Waals surface area contributed by atoms with Gasteiger partial charge >= 0.3 is 6.18 Å². The largest absolute Gasteiger partial charge is 0.417 e. The van der Waals surface area contributed by atoms with Crippen LogP contribution < -0.4 is 5.32 Å². The van der Waals surface area contributed by atoms with Crippen LogP contribution in [0.4, 0.5) is 23.4 Å². The highest BCUT2D eigenvalue weighted by Crippen LogP contribution is 2.30. The number of hydrogen-bond donors (Lipinski definition) is 1. The third kappa shape index (κ3) is 4.87. The van der Waals surface area contributed by atoms with Gasteiger partial charge in [0.15, 0.2) is 11.6 Å². The molecule has 0 saturated heterocycles. The van der Waals surface area contributed by atoms with Crippen molar-refractivity contribution in [1.82, 2.24) is 24.9 Å². The number of carbonyl (C=O) groups is 1. The van der Waals surface area contributed by atoms with E-state index in [1.807, 2.05) is 13.0 Å². The van der Waals surface area contributed by atoms with E-state index in [0.29, 0.717) is 30.1 Å². The van der Waals surface area contributed by atoms with Crippen molar-refractivity contribution in [2.24, 2.45) is 0 Å². The second-order valence-electron chi connectivity index (χ2n) is 7.16. The summed E-state index contributed by atoms with van der Waals surface area (Å²) in [7, 11) is 0. The van der Waals surface area contributed by atoms with E-state index in [0.717, 1.165) is 5.56 Å². The molecule has 0 bridgehead atoms. The predicted molar refractivity (Wildman–Crippen MR) is 110 cm³/mol. The van der Waals surface area contributed by atoms with E-state index in [-0.39, 0.29) is 18.3 Å².